The highest BCUT2D eigenvalue weighted by atomic mass is 32.2. The number of aliphatic hydroxyl groups is 2. The van der Waals surface area contributed by atoms with Crippen molar-refractivity contribution in [1.82, 2.24) is 9.80 Å². The van der Waals surface area contributed by atoms with Crippen molar-refractivity contribution >= 4 is 27.5 Å². The van der Waals surface area contributed by atoms with Crippen molar-refractivity contribution in [3.8, 4) is 0 Å². The highest BCUT2D eigenvalue weighted by Crippen LogP contribution is 2.61. The Bertz CT molecular complexity index is 1300. The Kier molecular flexibility index (Phi) is 4.72. The summed E-state index contributed by atoms with van der Waals surface area (Å²) in [6.07, 6.45) is -0.373. The third-order valence-corrected chi connectivity index (χ3v) is 9.30. The summed E-state index contributed by atoms with van der Waals surface area (Å²) in [5.74, 6) is -1.78. The van der Waals surface area contributed by atoms with Gasteiger partial charge in [-0.3, -0.25) is 14.5 Å². The van der Waals surface area contributed by atoms with Gasteiger partial charge in [-0.1, -0.05) is 49.7 Å². The molecule has 2 amide bonds. The molecule has 2 fully saturated rings. The lowest BCUT2D eigenvalue weighted by molar-refractivity contribution is -0.224. The van der Waals surface area contributed by atoms with Crippen LogP contribution in [0.5, 0.6) is 0 Å². The van der Waals surface area contributed by atoms with Crippen LogP contribution >= 0.6 is 0 Å². The van der Waals surface area contributed by atoms with Crippen LogP contribution in [0.25, 0.3) is 0 Å². The molecule has 34 heavy (non-hydrogen) atoms. The first kappa shape index (κ1) is 22.8. The molecule has 0 aromatic heterocycles. The van der Waals surface area contributed by atoms with Crippen LogP contribution in [0.1, 0.15) is 38.7 Å². The fourth-order valence-corrected chi connectivity index (χ4v) is 7.61. The summed E-state index contributed by atoms with van der Waals surface area (Å²) in [6.45, 7) is 3.10. The zero-order valence-electron chi connectivity index (χ0n) is 19.2. The minimum Gasteiger partial charge on any atom is -0.363 e. The quantitative estimate of drug-likeness (QED) is 0.675. The van der Waals surface area contributed by atoms with E-state index in [0.29, 0.717) is 24.1 Å². The van der Waals surface area contributed by atoms with Crippen molar-refractivity contribution in [3.05, 3.63) is 60.2 Å². The number of para-hydroxylation sites is 1. The molecule has 1 unspecified atom stereocenters. The molecular weight excluding hydrogens is 458 g/mol. The first-order chi connectivity index (χ1) is 15.9. The van der Waals surface area contributed by atoms with E-state index in [4.69, 9.17) is 0 Å². The zero-order valence-corrected chi connectivity index (χ0v) is 20.0. The molecule has 0 spiro atoms. The fraction of sp³-hybridized carbons (Fsp3) is 0.417. The van der Waals surface area contributed by atoms with Crippen molar-refractivity contribution in [2.45, 2.75) is 61.0 Å². The Morgan fingerprint density at radius 2 is 1.62 bits per heavy atom. The van der Waals surface area contributed by atoms with Crippen LogP contribution < -0.4 is 4.31 Å². The van der Waals surface area contributed by atoms with E-state index < -0.39 is 44.9 Å². The van der Waals surface area contributed by atoms with Gasteiger partial charge in [0.2, 0.25) is 11.4 Å². The van der Waals surface area contributed by atoms with E-state index in [9.17, 15) is 28.2 Å². The summed E-state index contributed by atoms with van der Waals surface area (Å²) in [4.78, 5) is 28.8. The zero-order chi connectivity index (χ0) is 24.7. The SMILES string of the molecule is CCC[C@]12CC3(O)C(=O)N(C)[C@](C)(O)C(=O)N3[C@H]1N(S(=O)(=O)c1ccccc1)c1ccccc12. The average Bonchev–Trinajstić information content (AvgIpc) is 3.23. The van der Waals surface area contributed by atoms with Crippen molar-refractivity contribution < 1.29 is 28.2 Å². The predicted octanol–water partition coefficient (Wildman–Crippen LogP) is 1.36. The van der Waals surface area contributed by atoms with Gasteiger partial charge in [-0.05, 0) is 37.1 Å². The number of hydrogen-bond donors (Lipinski definition) is 2. The molecule has 3 aliphatic rings. The van der Waals surface area contributed by atoms with Gasteiger partial charge in [0.25, 0.3) is 21.8 Å². The number of fused-ring (bicyclic) bond motifs is 5. The molecule has 3 heterocycles. The molecule has 2 aromatic rings. The molecule has 10 heteroatoms. The maximum absolute atomic E-state index is 14.0. The number of anilines is 1. The Hall–Kier alpha value is -2.95. The van der Waals surface area contributed by atoms with Gasteiger partial charge in [-0.15, -0.1) is 0 Å². The number of hydrogen-bond acceptors (Lipinski definition) is 6. The Balaban J connectivity index is 1.82. The van der Waals surface area contributed by atoms with Crippen LogP contribution in [0.15, 0.2) is 59.5 Å². The standard InChI is InChI=1S/C24H27N3O6S/c1-4-14-23-15-24(31)21(29)25(3)22(2,30)20(28)26(24)19(23)27(18-13-9-8-12-17(18)23)34(32,33)16-10-6-5-7-11-16/h5-13,19,30-31H,4,14-15H2,1-3H3/t19-,22+,23+,24?/m0/s1. The van der Waals surface area contributed by atoms with E-state index in [-0.39, 0.29) is 11.3 Å². The van der Waals surface area contributed by atoms with Gasteiger partial charge in [0, 0.05) is 18.9 Å². The van der Waals surface area contributed by atoms with Gasteiger partial charge in [0.15, 0.2) is 0 Å². The summed E-state index contributed by atoms with van der Waals surface area (Å²) < 4.78 is 29.2. The van der Waals surface area contributed by atoms with Gasteiger partial charge >= 0.3 is 0 Å². The molecule has 2 N–H and O–H groups in total. The van der Waals surface area contributed by atoms with Crippen LogP contribution in [0.4, 0.5) is 5.69 Å². The number of sulfonamides is 1. The second kappa shape index (κ2) is 7.03. The topological polar surface area (TPSA) is 118 Å². The van der Waals surface area contributed by atoms with E-state index >= 15 is 0 Å². The molecule has 2 aromatic carbocycles. The maximum Gasteiger partial charge on any atom is 0.280 e. The van der Waals surface area contributed by atoms with E-state index in [0.717, 1.165) is 14.1 Å². The minimum absolute atomic E-state index is 0.0206. The number of benzene rings is 2. The van der Waals surface area contributed by atoms with Crippen LogP contribution in [-0.4, -0.2) is 64.9 Å². The van der Waals surface area contributed by atoms with Crippen LogP contribution in [0.3, 0.4) is 0 Å². The molecule has 0 bridgehead atoms. The third-order valence-electron chi connectivity index (χ3n) is 7.52. The average molecular weight is 486 g/mol. The molecule has 5 rings (SSSR count). The summed E-state index contributed by atoms with van der Waals surface area (Å²) in [6, 6.07) is 14.8. The van der Waals surface area contributed by atoms with Gasteiger partial charge in [0.05, 0.1) is 10.6 Å². The Morgan fingerprint density at radius 3 is 2.26 bits per heavy atom. The molecule has 9 nitrogen and oxygen atoms in total. The third kappa shape index (κ3) is 2.58. The van der Waals surface area contributed by atoms with Gasteiger partial charge in [-0.25, -0.2) is 12.7 Å². The lowest BCUT2D eigenvalue weighted by Gasteiger charge is -2.50. The fourth-order valence-electron chi connectivity index (χ4n) is 5.91. The number of likely N-dealkylation sites (N-methyl/N-ethyl adjacent to an activating group) is 1. The summed E-state index contributed by atoms with van der Waals surface area (Å²) >= 11 is 0. The number of nitrogens with zero attached hydrogens (tertiary/aromatic N) is 3. The maximum atomic E-state index is 14.0. The Labute approximate surface area is 198 Å². The highest BCUT2D eigenvalue weighted by Gasteiger charge is 2.75. The van der Waals surface area contributed by atoms with Crippen molar-refractivity contribution in [3.63, 3.8) is 0 Å². The highest BCUT2D eigenvalue weighted by molar-refractivity contribution is 7.92. The van der Waals surface area contributed by atoms with E-state index in [1.165, 1.54) is 26.1 Å². The van der Waals surface area contributed by atoms with Gasteiger partial charge in [-0.2, -0.15) is 0 Å². The smallest absolute Gasteiger partial charge is 0.280 e. The molecule has 0 saturated carbocycles. The Morgan fingerprint density at radius 1 is 1.00 bits per heavy atom. The summed E-state index contributed by atoms with van der Waals surface area (Å²) in [5.41, 5.74) is -4.55. The predicted molar refractivity (Wildman–Crippen MR) is 123 cm³/mol. The van der Waals surface area contributed by atoms with E-state index in [1.54, 1.807) is 42.5 Å². The monoisotopic (exact) mass is 485 g/mol. The van der Waals surface area contributed by atoms with Crippen molar-refractivity contribution in [1.29, 1.82) is 0 Å². The van der Waals surface area contributed by atoms with Gasteiger partial charge in [0.1, 0.15) is 6.17 Å². The largest absolute Gasteiger partial charge is 0.363 e. The number of carbonyl (C=O) groups excluding carboxylic acids is 2. The second-order valence-electron chi connectivity index (χ2n) is 9.46. The molecule has 3 aliphatic heterocycles. The number of rotatable bonds is 4. The molecule has 0 aliphatic carbocycles. The van der Waals surface area contributed by atoms with Crippen LogP contribution in [-0.2, 0) is 25.0 Å². The second-order valence-corrected chi connectivity index (χ2v) is 11.3. The molecule has 4 atom stereocenters. The summed E-state index contributed by atoms with van der Waals surface area (Å²) in [5, 5.41) is 22.6. The van der Waals surface area contributed by atoms with E-state index in [2.05, 4.69) is 0 Å². The molecular formula is C24H27N3O6S. The lowest BCUT2D eigenvalue weighted by Crippen LogP contribution is -2.75. The van der Waals surface area contributed by atoms with Crippen molar-refractivity contribution in [2.75, 3.05) is 11.4 Å². The van der Waals surface area contributed by atoms with E-state index in [1.807, 2.05) is 6.92 Å². The van der Waals surface area contributed by atoms with Crippen LogP contribution in [0.2, 0.25) is 0 Å². The minimum atomic E-state index is -4.21. The number of carbonyl (C=O) groups is 2. The molecule has 180 valence electrons. The van der Waals surface area contributed by atoms with Crippen molar-refractivity contribution in [2.24, 2.45) is 0 Å². The van der Waals surface area contributed by atoms with Gasteiger partial charge < -0.3 is 15.1 Å². The molecule has 2 saturated heterocycles. The number of piperazine rings is 1. The lowest BCUT2D eigenvalue weighted by atomic mass is 9.74. The number of amides is 2. The first-order valence-electron chi connectivity index (χ1n) is 11.2. The first-order valence-corrected chi connectivity index (χ1v) is 12.6. The summed E-state index contributed by atoms with van der Waals surface area (Å²) in [7, 11) is -2.96. The normalized spacial score (nSPS) is 32.6. The molecule has 0 radical (unpaired) electrons. The van der Waals surface area contributed by atoms with Crippen LogP contribution in [0, 0.1) is 0 Å².